The van der Waals surface area contributed by atoms with Gasteiger partial charge < -0.3 is 11.5 Å². The van der Waals surface area contributed by atoms with Crippen LogP contribution in [0, 0.1) is 5.92 Å². The smallest absolute Gasteiger partial charge is 0.249 e. The molecule has 0 aliphatic carbocycles. The first-order valence-electron chi connectivity index (χ1n) is 6.01. The molecule has 1 unspecified atom stereocenters. The molecule has 1 fully saturated rings. The summed E-state index contributed by atoms with van der Waals surface area (Å²) in [6.07, 6.45) is 1.15. The molecule has 1 aromatic rings. The van der Waals surface area contributed by atoms with Gasteiger partial charge in [-0.05, 0) is 37.1 Å². The molecule has 4 heteroatoms. The summed E-state index contributed by atoms with van der Waals surface area (Å²) in [5, 5.41) is 0. The van der Waals surface area contributed by atoms with Gasteiger partial charge in [0, 0.05) is 18.7 Å². The van der Waals surface area contributed by atoms with Gasteiger partial charge in [0.2, 0.25) is 5.91 Å². The maximum atomic E-state index is 11.3. The molecule has 1 aliphatic rings. The molecule has 0 radical (unpaired) electrons. The molecule has 1 heterocycles. The summed E-state index contributed by atoms with van der Waals surface area (Å²) in [5.41, 5.74) is 12.7. The number of amides is 1. The van der Waals surface area contributed by atoms with Crippen LogP contribution in [-0.4, -0.2) is 30.4 Å². The quantitative estimate of drug-likeness (QED) is 0.798. The summed E-state index contributed by atoms with van der Waals surface area (Å²) in [6.45, 7) is 3.60. The normalized spacial score (nSPS) is 20.6. The standard InChI is InChI=1S/C13H19N3O/c14-7-10-5-6-16(8-10)9-11-3-1-2-4-12(11)13(15)17/h1-4,10H,5-9,14H2,(H2,15,17). The van der Waals surface area contributed by atoms with Crippen LogP contribution in [0.3, 0.4) is 0 Å². The third kappa shape index (κ3) is 2.84. The van der Waals surface area contributed by atoms with E-state index in [9.17, 15) is 4.79 Å². The Morgan fingerprint density at radius 3 is 2.82 bits per heavy atom. The first-order chi connectivity index (χ1) is 8.20. The first kappa shape index (κ1) is 12.1. The summed E-state index contributed by atoms with van der Waals surface area (Å²) >= 11 is 0. The van der Waals surface area contributed by atoms with Crippen molar-refractivity contribution in [1.82, 2.24) is 4.90 Å². The Morgan fingerprint density at radius 2 is 2.18 bits per heavy atom. The molecular formula is C13H19N3O. The second-order valence-corrected chi connectivity index (χ2v) is 4.65. The largest absolute Gasteiger partial charge is 0.366 e. The fraction of sp³-hybridized carbons (Fsp3) is 0.462. The van der Waals surface area contributed by atoms with Gasteiger partial charge >= 0.3 is 0 Å². The number of likely N-dealkylation sites (tertiary alicyclic amines) is 1. The minimum absolute atomic E-state index is 0.352. The summed E-state index contributed by atoms with van der Waals surface area (Å²) < 4.78 is 0. The maximum Gasteiger partial charge on any atom is 0.249 e. The molecule has 1 aromatic carbocycles. The van der Waals surface area contributed by atoms with Crippen LogP contribution >= 0.6 is 0 Å². The Labute approximate surface area is 102 Å². The molecule has 1 atom stereocenters. The van der Waals surface area contributed by atoms with Gasteiger partial charge in [0.25, 0.3) is 0 Å². The molecule has 1 aliphatic heterocycles. The second kappa shape index (κ2) is 5.29. The van der Waals surface area contributed by atoms with Crippen LogP contribution in [0.1, 0.15) is 22.3 Å². The van der Waals surface area contributed by atoms with Crippen molar-refractivity contribution in [2.24, 2.45) is 17.4 Å². The van der Waals surface area contributed by atoms with Crippen LogP contribution in [0.2, 0.25) is 0 Å². The summed E-state index contributed by atoms with van der Waals surface area (Å²) in [5.74, 6) is 0.242. The number of primary amides is 1. The molecule has 17 heavy (non-hydrogen) atoms. The van der Waals surface area contributed by atoms with Gasteiger partial charge in [0.1, 0.15) is 0 Å². The number of nitrogens with zero attached hydrogens (tertiary/aromatic N) is 1. The Balaban J connectivity index is 2.06. The monoisotopic (exact) mass is 233 g/mol. The molecule has 4 nitrogen and oxygen atoms in total. The van der Waals surface area contributed by atoms with Gasteiger partial charge in [-0.2, -0.15) is 0 Å². The predicted octanol–water partition coefficient (Wildman–Crippen LogP) is 0.566. The maximum absolute atomic E-state index is 11.3. The fourth-order valence-corrected chi connectivity index (χ4v) is 2.39. The summed E-state index contributed by atoms with van der Waals surface area (Å²) in [4.78, 5) is 13.6. The average Bonchev–Trinajstić information content (AvgIpc) is 2.77. The van der Waals surface area contributed by atoms with Crippen molar-refractivity contribution in [3.8, 4) is 0 Å². The van der Waals surface area contributed by atoms with Crippen molar-refractivity contribution < 1.29 is 4.79 Å². The second-order valence-electron chi connectivity index (χ2n) is 4.65. The van der Waals surface area contributed by atoms with E-state index in [4.69, 9.17) is 11.5 Å². The number of carbonyl (C=O) groups excluding carboxylic acids is 1. The van der Waals surface area contributed by atoms with Crippen molar-refractivity contribution in [2.45, 2.75) is 13.0 Å². The Kier molecular flexibility index (Phi) is 3.76. The minimum Gasteiger partial charge on any atom is -0.366 e. The summed E-state index contributed by atoms with van der Waals surface area (Å²) in [6, 6.07) is 7.54. The van der Waals surface area contributed by atoms with Gasteiger partial charge in [-0.3, -0.25) is 9.69 Å². The van der Waals surface area contributed by atoms with Crippen LogP contribution in [-0.2, 0) is 6.54 Å². The number of benzene rings is 1. The Hall–Kier alpha value is -1.39. The highest BCUT2D eigenvalue weighted by atomic mass is 16.1. The molecule has 4 N–H and O–H groups in total. The van der Waals surface area contributed by atoms with Crippen molar-refractivity contribution in [2.75, 3.05) is 19.6 Å². The highest BCUT2D eigenvalue weighted by Gasteiger charge is 2.22. The van der Waals surface area contributed by atoms with Crippen molar-refractivity contribution in [1.29, 1.82) is 0 Å². The predicted molar refractivity (Wildman–Crippen MR) is 67.4 cm³/mol. The average molecular weight is 233 g/mol. The number of nitrogens with two attached hydrogens (primary N) is 2. The van der Waals surface area contributed by atoms with E-state index < -0.39 is 0 Å². The zero-order valence-electron chi connectivity index (χ0n) is 9.93. The topological polar surface area (TPSA) is 72.3 Å². The number of carbonyl (C=O) groups is 1. The highest BCUT2D eigenvalue weighted by molar-refractivity contribution is 5.94. The molecule has 1 amide bonds. The minimum atomic E-state index is -0.352. The number of hydrogen-bond donors (Lipinski definition) is 2. The van der Waals surface area contributed by atoms with Crippen LogP contribution < -0.4 is 11.5 Å². The van der Waals surface area contributed by atoms with Crippen molar-refractivity contribution in [3.05, 3.63) is 35.4 Å². The molecule has 0 spiro atoms. The third-order valence-electron chi connectivity index (χ3n) is 3.38. The van der Waals surface area contributed by atoms with E-state index in [1.165, 1.54) is 0 Å². The van der Waals surface area contributed by atoms with E-state index >= 15 is 0 Å². The van der Waals surface area contributed by atoms with Crippen LogP contribution in [0.25, 0.3) is 0 Å². The highest BCUT2D eigenvalue weighted by Crippen LogP contribution is 2.19. The van der Waals surface area contributed by atoms with E-state index in [-0.39, 0.29) is 5.91 Å². The van der Waals surface area contributed by atoms with Crippen LogP contribution in [0.5, 0.6) is 0 Å². The molecular weight excluding hydrogens is 214 g/mol. The first-order valence-corrected chi connectivity index (χ1v) is 6.01. The van der Waals surface area contributed by atoms with Gasteiger partial charge in [-0.15, -0.1) is 0 Å². The molecule has 92 valence electrons. The van der Waals surface area contributed by atoms with E-state index in [0.29, 0.717) is 11.5 Å². The SMILES string of the molecule is NCC1CCN(Cc2ccccc2C(N)=O)C1. The van der Waals surface area contributed by atoms with Gasteiger partial charge in [0.05, 0.1) is 0 Å². The molecule has 1 saturated heterocycles. The van der Waals surface area contributed by atoms with Crippen LogP contribution in [0.4, 0.5) is 0 Å². The lowest BCUT2D eigenvalue weighted by Crippen LogP contribution is -2.24. The number of rotatable bonds is 4. The lowest BCUT2D eigenvalue weighted by molar-refractivity contribution is 0.0998. The molecule has 0 aromatic heterocycles. The molecule has 2 rings (SSSR count). The summed E-state index contributed by atoms with van der Waals surface area (Å²) in [7, 11) is 0. The third-order valence-corrected chi connectivity index (χ3v) is 3.38. The van der Waals surface area contributed by atoms with Gasteiger partial charge in [-0.1, -0.05) is 18.2 Å². The zero-order valence-corrected chi connectivity index (χ0v) is 9.93. The number of hydrogen-bond acceptors (Lipinski definition) is 3. The lowest BCUT2D eigenvalue weighted by atomic mass is 10.1. The van der Waals surface area contributed by atoms with Crippen molar-refractivity contribution in [3.63, 3.8) is 0 Å². The lowest BCUT2D eigenvalue weighted by Gasteiger charge is -2.17. The molecule has 0 bridgehead atoms. The van der Waals surface area contributed by atoms with Crippen molar-refractivity contribution >= 4 is 5.91 Å². The Bertz CT molecular complexity index is 405. The van der Waals surface area contributed by atoms with E-state index in [0.717, 1.165) is 38.2 Å². The van der Waals surface area contributed by atoms with E-state index in [1.54, 1.807) is 6.07 Å². The molecule has 0 saturated carbocycles. The Morgan fingerprint density at radius 1 is 1.41 bits per heavy atom. The van der Waals surface area contributed by atoms with Gasteiger partial charge in [-0.25, -0.2) is 0 Å². The van der Waals surface area contributed by atoms with Gasteiger partial charge in [0.15, 0.2) is 0 Å². The van der Waals surface area contributed by atoms with Crippen LogP contribution in [0.15, 0.2) is 24.3 Å². The van der Waals surface area contributed by atoms with E-state index in [2.05, 4.69) is 4.90 Å². The van der Waals surface area contributed by atoms with E-state index in [1.807, 2.05) is 18.2 Å². The zero-order chi connectivity index (χ0) is 12.3. The fourth-order valence-electron chi connectivity index (χ4n) is 2.39.